The summed E-state index contributed by atoms with van der Waals surface area (Å²) in [5.74, 6) is -1.33. The minimum atomic E-state index is -0.553. The number of nitrogens with one attached hydrogen (secondary N) is 1. The van der Waals surface area contributed by atoms with Gasteiger partial charge < -0.3 is 10.2 Å². The van der Waals surface area contributed by atoms with Gasteiger partial charge in [-0.1, -0.05) is 28.1 Å². The minimum Gasteiger partial charge on any atom is -0.326 e. The number of hydrogen-bond acceptors (Lipinski definition) is 3. The first-order valence-electron chi connectivity index (χ1n) is 6.98. The number of halogens is 1. The number of hydrogen-bond donors (Lipinski definition) is 1. The highest BCUT2D eigenvalue weighted by atomic mass is 79.9. The fourth-order valence-corrected chi connectivity index (χ4v) is 2.78. The smallest absolute Gasteiger partial charge is 0.299 e. The summed E-state index contributed by atoms with van der Waals surface area (Å²) in [6.07, 6.45) is 0. The number of rotatable bonds is 3. The molecule has 0 radical (unpaired) electrons. The maximum atomic E-state index is 12.2. The zero-order valence-corrected chi connectivity index (χ0v) is 13.9. The molecule has 0 fully saturated rings. The van der Waals surface area contributed by atoms with Crippen LogP contribution in [0, 0.1) is 0 Å². The third kappa shape index (κ3) is 3.03. The molecular weight excluding hydrogens is 360 g/mol. The van der Waals surface area contributed by atoms with E-state index in [1.165, 1.54) is 11.8 Å². The van der Waals surface area contributed by atoms with Gasteiger partial charge in [-0.2, -0.15) is 0 Å². The molecule has 1 aliphatic rings. The van der Waals surface area contributed by atoms with Crippen LogP contribution in [0.3, 0.4) is 0 Å². The number of ketones is 1. The van der Waals surface area contributed by atoms with E-state index in [0.717, 1.165) is 10.0 Å². The molecule has 0 unspecified atom stereocenters. The Labute approximate surface area is 141 Å². The predicted octanol–water partition coefficient (Wildman–Crippen LogP) is 3.14. The Hall–Kier alpha value is -2.47. The topological polar surface area (TPSA) is 66.5 Å². The minimum absolute atomic E-state index is 0.228. The number of carbonyl (C=O) groups is 3. The number of benzene rings is 2. The van der Waals surface area contributed by atoms with E-state index < -0.39 is 11.7 Å². The first-order valence-corrected chi connectivity index (χ1v) is 7.77. The molecule has 1 heterocycles. The molecule has 6 heteroatoms. The SMILES string of the molecule is CC(=O)Nc1ccc2c(c1)C(=O)C(=O)N2Cc1ccc(Br)cc1. The lowest BCUT2D eigenvalue weighted by molar-refractivity contribution is -0.115. The zero-order valence-electron chi connectivity index (χ0n) is 12.3. The fourth-order valence-electron chi connectivity index (χ4n) is 2.51. The number of nitrogens with zero attached hydrogens (tertiary/aromatic N) is 1. The van der Waals surface area contributed by atoms with Crippen LogP contribution in [0.5, 0.6) is 0 Å². The van der Waals surface area contributed by atoms with Gasteiger partial charge in [0.05, 0.1) is 17.8 Å². The summed E-state index contributed by atoms with van der Waals surface area (Å²) in [5, 5.41) is 2.61. The number of amides is 2. The molecule has 0 aromatic heterocycles. The van der Waals surface area contributed by atoms with Gasteiger partial charge in [-0.3, -0.25) is 14.4 Å². The van der Waals surface area contributed by atoms with Crippen LogP contribution in [-0.2, 0) is 16.1 Å². The standard InChI is InChI=1S/C17H13BrN2O3/c1-10(21)19-13-6-7-15-14(8-13)16(22)17(23)20(15)9-11-2-4-12(18)5-3-11/h2-8H,9H2,1H3,(H,19,21). The summed E-state index contributed by atoms with van der Waals surface area (Å²) in [6.45, 7) is 1.71. The van der Waals surface area contributed by atoms with Gasteiger partial charge in [-0.25, -0.2) is 0 Å². The Bertz CT molecular complexity index is 815. The molecular formula is C17H13BrN2O3. The molecule has 2 aromatic rings. The van der Waals surface area contributed by atoms with E-state index >= 15 is 0 Å². The van der Waals surface area contributed by atoms with E-state index in [2.05, 4.69) is 21.2 Å². The van der Waals surface area contributed by atoms with Crippen molar-refractivity contribution >= 4 is 44.9 Å². The third-order valence-electron chi connectivity index (χ3n) is 3.55. The Morgan fingerprint density at radius 1 is 1.13 bits per heavy atom. The molecule has 0 spiro atoms. The Morgan fingerprint density at radius 3 is 2.48 bits per heavy atom. The second-order valence-corrected chi connectivity index (χ2v) is 6.18. The Balaban J connectivity index is 1.92. The largest absolute Gasteiger partial charge is 0.326 e. The van der Waals surface area contributed by atoms with Crippen LogP contribution in [0.1, 0.15) is 22.8 Å². The quantitative estimate of drug-likeness (QED) is 0.841. The lowest BCUT2D eigenvalue weighted by Gasteiger charge is -2.17. The molecule has 2 amide bonds. The average Bonchev–Trinajstić information content (AvgIpc) is 2.74. The van der Waals surface area contributed by atoms with Gasteiger partial charge in [0.1, 0.15) is 0 Å². The summed E-state index contributed by atoms with van der Waals surface area (Å²) in [6, 6.07) is 12.5. The van der Waals surface area contributed by atoms with Gasteiger partial charge in [0, 0.05) is 17.1 Å². The first kappa shape index (κ1) is 15.4. The molecule has 0 saturated heterocycles. The summed E-state index contributed by atoms with van der Waals surface area (Å²) in [5.41, 5.74) is 2.31. The van der Waals surface area contributed by atoms with E-state index in [0.29, 0.717) is 23.5 Å². The molecule has 5 nitrogen and oxygen atoms in total. The second kappa shape index (κ2) is 5.96. The zero-order chi connectivity index (χ0) is 16.6. The molecule has 0 aliphatic carbocycles. The summed E-state index contributed by atoms with van der Waals surface area (Å²) in [4.78, 5) is 37.0. The Kier molecular flexibility index (Phi) is 4.00. The number of carbonyl (C=O) groups excluding carboxylic acids is 3. The maximum Gasteiger partial charge on any atom is 0.299 e. The predicted molar refractivity (Wildman–Crippen MR) is 90.4 cm³/mol. The van der Waals surface area contributed by atoms with Crippen molar-refractivity contribution in [1.82, 2.24) is 0 Å². The van der Waals surface area contributed by atoms with Gasteiger partial charge >= 0.3 is 0 Å². The van der Waals surface area contributed by atoms with Crippen LogP contribution in [0.2, 0.25) is 0 Å². The van der Waals surface area contributed by atoms with Crippen LogP contribution in [0.25, 0.3) is 0 Å². The van der Waals surface area contributed by atoms with Gasteiger partial charge in [0.25, 0.3) is 11.7 Å². The molecule has 23 heavy (non-hydrogen) atoms. The van der Waals surface area contributed by atoms with Crippen molar-refractivity contribution in [2.45, 2.75) is 13.5 Å². The van der Waals surface area contributed by atoms with E-state index in [-0.39, 0.29) is 5.91 Å². The third-order valence-corrected chi connectivity index (χ3v) is 4.07. The first-order chi connectivity index (χ1) is 11.0. The number of anilines is 2. The van der Waals surface area contributed by atoms with Crippen LogP contribution in [0.4, 0.5) is 11.4 Å². The molecule has 3 rings (SSSR count). The van der Waals surface area contributed by atoms with Crippen molar-refractivity contribution in [1.29, 1.82) is 0 Å². The summed E-state index contributed by atoms with van der Waals surface area (Å²) >= 11 is 3.36. The van der Waals surface area contributed by atoms with Crippen molar-refractivity contribution in [3.8, 4) is 0 Å². The Morgan fingerprint density at radius 2 is 1.83 bits per heavy atom. The van der Waals surface area contributed by atoms with E-state index in [4.69, 9.17) is 0 Å². The van der Waals surface area contributed by atoms with Crippen LogP contribution in [0.15, 0.2) is 46.9 Å². The van der Waals surface area contributed by atoms with Crippen LogP contribution in [-0.4, -0.2) is 17.6 Å². The summed E-state index contributed by atoms with van der Waals surface area (Å²) < 4.78 is 0.949. The van der Waals surface area contributed by atoms with Crippen molar-refractivity contribution in [2.24, 2.45) is 0 Å². The molecule has 1 N–H and O–H groups in total. The van der Waals surface area contributed by atoms with Gasteiger partial charge in [-0.05, 0) is 35.9 Å². The van der Waals surface area contributed by atoms with Crippen molar-refractivity contribution in [2.75, 3.05) is 10.2 Å². The number of fused-ring (bicyclic) bond motifs is 1. The van der Waals surface area contributed by atoms with E-state index in [1.807, 2.05) is 24.3 Å². The van der Waals surface area contributed by atoms with Crippen molar-refractivity contribution in [3.05, 3.63) is 58.1 Å². The van der Waals surface area contributed by atoms with Gasteiger partial charge in [0.2, 0.25) is 5.91 Å². The molecule has 0 bridgehead atoms. The van der Waals surface area contributed by atoms with E-state index in [1.54, 1.807) is 18.2 Å². The highest BCUT2D eigenvalue weighted by molar-refractivity contribution is 9.10. The van der Waals surface area contributed by atoms with Crippen LogP contribution < -0.4 is 10.2 Å². The molecule has 1 aliphatic heterocycles. The molecule has 116 valence electrons. The average molecular weight is 373 g/mol. The number of Topliss-reactive ketones (excluding diaryl/α,β-unsaturated/α-hetero) is 1. The lowest BCUT2D eigenvalue weighted by Crippen LogP contribution is -2.29. The van der Waals surface area contributed by atoms with Gasteiger partial charge in [-0.15, -0.1) is 0 Å². The second-order valence-electron chi connectivity index (χ2n) is 5.26. The maximum absolute atomic E-state index is 12.2. The lowest BCUT2D eigenvalue weighted by atomic mass is 10.1. The molecule has 2 aromatic carbocycles. The monoisotopic (exact) mass is 372 g/mol. The van der Waals surface area contributed by atoms with E-state index in [9.17, 15) is 14.4 Å². The molecule has 0 saturated carbocycles. The van der Waals surface area contributed by atoms with Crippen molar-refractivity contribution in [3.63, 3.8) is 0 Å². The summed E-state index contributed by atoms with van der Waals surface area (Å²) in [7, 11) is 0. The van der Waals surface area contributed by atoms with Crippen molar-refractivity contribution < 1.29 is 14.4 Å². The van der Waals surface area contributed by atoms with Crippen LogP contribution >= 0.6 is 15.9 Å². The fraction of sp³-hybridized carbons (Fsp3) is 0.118. The van der Waals surface area contributed by atoms with Gasteiger partial charge in [0.15, 0.2) is 0 Å². The normalized spacial score (nSPS) is 13.2. The molecule has 0 atom stereocenters. The highest BCUT2D eigenvalue weighted by Gasteiger charge is 2.35. The highest BCUT2D eigenvalue weighted by Crippen LogP contribution is 2.32.